The van der Waals surface area contributed by atoms with Gasteiger partial charge in [-0.05, 0) is 23.8 Å². The number of hydrogen-bond acceptors (Lipinski definition) is 5. The maximum Gasteiger partial charge on any atom is 0.230 e. The first kappa shape index (κ1) is 18.9. The van der Waals surface area contributed by atoms with Gasteiger partial charge >= 0.3 is 0 Å². The van der Waals surface area contributed by atoms with Crippen LogP contribution in [0.5, 0.6) is 5.75 Å². The Morgan fingerprint density at radius 3 is 3.07 bits per heavy atom. The Hall–Kier alpha value is -3.13. The molecule has 4 atom stereocenters. The number of amides is 2. The number of carbonyl (C=O) groups excluding carboxylic acids is 2. The van der Waals surface area contributed by atoms with Crippen molar-refractivity contribution in [3.05, 3.63) is 59.9 Å². The molecule has 4 heterocycles. The first-order valence-electron chi connectivity index (χ1n) is 10.0. The highest BCUT2D eigenvalue weighted by atomic mass is 16.5. The monoisotopic (exact) mass is 408 g/mol. The number of benzene rings is 1. The SMILES string of the molecule is COc1cccc(CN2C[C@]34C=C[C@H](O3)[C@@H](C(=O)N(C)Cc3ccn[nH]3)[C@@H]4C2=O)c1. The number of fused-ring (bicyclic) bond motifs is 1. The third kappa shape index (κ3) is 2.90. The smallest absolute Gasteiger partial charge is 0.230 e. The van der Waals surface area contributed by atoms with E-state index in [9.17, 15) is 9.59 Å². The minimum Gasteiger partial charge on any atom is -0.497 e. The second kappa shape index (κ2) is 6.98. The molecular formula is C22H24N4O4. The van der Waals surface area contributed by atoms with Crippen LogP contribution in [0.4, 0.5) is 0 Å². The molecule has 0 aliphatic carbocycles. The van der Waals surface area contributed by atoms with Crippen molar-refractivity contribution < 1.29 is 19.1 Å². The molecule has 8 heteroatoms. The summed E-state index contributed by atoms with van der Waals surface area (Å²) in [5.41, 5.74) is 1.12. The predicted molar refractivity (Wildman–Crippen MR) is 107 cm³/mol. The Morgan fingerprint density at radius 2 is 2.30 bits per heavy atom. The van der Waals surface area contributed by atoms with Crippen LogP contribution in [0.1, 0.15) is 11.3 Å². The predicted octanol–water partition coefficient (Wildman–Crippen LogP) is 1.36. The molecule has 156 valence electrons. The van der Waals surface area contributed by atoms with Crippen molar-refractivity contribution >= 4 is 11.8 Å². The summed E-state index contributed by atoms with van der Waals surface area (Å²) in [6.07, 6.45) is 5.22. The Morgan fingerprint density at radius 1 is 1.43 bits per heavy atom. The minimum absolute atomic E-state index is 0.0297. The number of nitrogens with zero attached hydrogens (tertiary/aromatic N) is 3. The van der Waals surface area contributed by atoms with Crippen molar-refractivity contribution in [2.75, 3.05) is 20.7 Å². The number of hydrogen-bond donors (Lipinski definition) is 1. The second-order valence-corrected chi connectivity index (χ2v) is 8.22. The number of aromatic nitrogens is 2. The molecule has 3 aliphatic rings. The van der Waals surface area contributed by atoms with Gasteiger partial charge < -0.3 is 19.3 Å². The van der Waals surface area contributed by atoms with Gasteiger partial charge in [0, 0.05) is 19.8 Å². The van der Waals surface area contributed by atoms with Gasteiger partial charge in [0.25, 0.3) is 0 Å². The average molecular weight is 408 g/mol. The number of nitrogens with one attached hydrogen (secondary N) is 1. The van der Waals surface area contributed by atoms with Crippen LogP contribution in [0, 0.1) is 11.8 Å². The topological polar surface area (TPSA) is 87.8 Å². The van der Waals surface area contributed by atoms with E-state index in [2.05, 4.69) is 10.2 Å². The molecule has 2 fully saturated rings. The van der Waals surface area contributed by atoms with E-state index >= 15 is 0 Å². The van der Waals surface area contributed by atoms with Gasteiger partial charge in [0.05, 0.1) is 43.8 Å². The Labute approximate surface area is 174 Å². The molecule has 0 radical (unpaired) electrons. The van der Waals surface area contributed by atoms with Gasteiger partial charge in [-0.1, -0.05) is 24.3 Å². The van der Waals surface area contributed by atoms with Gasteiger partial charge in [-0.15, -0.1) is 0 Å². The first-order valence-corrected chi connectivity index (χ1v) is 10.0. The molecule has 0 saturated carbocycles. The lowest BCUT2D eigenvalue weighted by Crippen LogP contribution is -2.44. The van der Waals surface area contributed by atoms with E-state index in [1.54, 1.807) is 30.2 Å². The zero-order valence-electron chi connectivity index (χ0n) is 16.9. The summed E-state index contributed by atoms with van der Waals surface area (Å²) in [4.78, 5) is 30.1. The lowest BCUT2D eigenvalue weighted by molar-refractivity contribution is -0.142. The van der Waals surface area contributed by atoms with Crippen LogP contribution in [0.15, 0.2) is 48.7 Å². The summed E-state index contributed by atoms with van der Waals surface area (Å²) in [6.45, 7) is 1.32. The molecular weight excluding hydrogens is 384 g/mol. The zero-order chi connectivity index (χ0) is 20.9. The summed E-state index contributed by atoms with van der Waals surface area (Å²) in [7, 11) is 3.37. The van der Waals surface area contributed by atoms with Crippen molar-refractivity contribution in [3.8, 4) is 5.75 Å². The molecule has 30 heavy (non-hydrogen) atoms. The molecule has 3 aliphatic heterocycles. The van der Waals surface area contributed by atoms with E-state index in [1.165, 1.54) is 0 Å². The standard InChI is InChI=1S/C22H24N4O4/c1-25(12-15-7-9-23-24-15)20(27)18-17-6-8-22(30-17)13-26(21(28)19(18)22)11-14-4-3-5-16(10-14)29-2/h3-10,17-19H,11-13H2,1-2H3,(H,23,24)/t17-,18+,19+,22-/m0/s1. The fourth-order valence-corrected chi connectivity index (χ4v) is 4.95. The van der Waals surface area contributed by atoms with Crippen molar-refractivity contribution in [3.63, 3.8) is 0 Å². The quantitative estimate of drug-likeness (QED) is 0.730. The molecule has 1 N–H and O–H groups in total. The molecule has 5 rings (SSSR count). The van der Waals surface area contributed by atoms with Crippen LogP contribution in [-0.2, 0) is 27.4 Å². The Kier molecular flexibility index (Phi) is 4.39. The summed E-state index contributed by atoms with van der Waals surface area (Å²) < 4.78 is 11.5. The third-order valence-corrected chi connectivity index (χ3v) is 6.31. The maximum absolute atomic E-state index is 13.4. The van der Waals surface area contributed by atoms with E-state index < -0.39 is 17.4 Å². The van der Waals surface area contributed by atoms with Gasteiger partial charge in [0.15, 0.2) is 0 Å². The molecule has 2 aromatic rings. The van der Waals surface area contributed by atoms with Gasteiger partial charge in [0.1, 0.15) is 11.4 Å². The highest BCUT2D eigenvalue weighted by Gasteiger charge is 2.67. The van der Waals surface area contributed by atoms with Crippen molar-refractivity contribution in [1.29, 1.82) is 0 Å². The van der Waals surface area contributed by atoms with E-state index in [-0.39, 0.29) is 17.9 Å². The molecule has 8 nitrogen and oxygen atoms in total. The second-order valence-electron chi connectivity index (χ2n) is 8.22. The normalized spacial score (nSPS) is 28.8. The first-order chi connectivity index (χ1) is 14.5. The van der Waals surface area contributed by atoms with Crippen molar-refractivity contribution in [2.24, 2.45) is 11.8 Å². The van der Waals surface area contributed by atoms with E-state index in [0.717, 1.165) is 17.0 Å². The molecule has 1 spiro atoms. The van der Waals surface area contributed by atoms with Gasteiger partial charge in [-0.25, -0.2) is 0 Å². The van der Waals surface area contributed by atoms with E-state index in [4.69, 9.17) is 9.47 Å². The Balaban J connectivity index is 1.36. The van der Waals surface area contributed by atoms with Crippen LogP contribution >= 0.6 is 0 Å². The molecule has 2 bridgehead atoms. The van der Waals surface area contributed by atoms with Gasteiger partial charge in [-0.3, -0.25) is 14.7 Å². The van der Waals surface area contributed by atoms with E-state index in [0.29, 0.717) is 19.6 Å². The largest absolute Gasteiger partial charge is 0.497 e. The zero-order valence-corrected chi connectivity index (χ0v) is 16.9. The molecule has 0 unspecified atom stereocenters. The fourth-order valence-electron chi connectivity index (χ4n) is 4.95. The lowest BCUT2D eigenvalue weighted by atomic mass is 9.76. The summed E-state index contributed by atoms with van der Waals surface area (Å²) in [6, 6.07) is 9.51. The summed E-state index contributed by atoms with van der Waals surface area (Å²) >= 11 is 0. The van der Waals surface area contributed by atoms with Gasteiger partial charge in [0.2, 0.25) is 11.8 Å². The van der Waals surface area contributed by atoms with Crippen LogP contribution < -0.4 is 4.74 Å². The molecule has 1 aromatic heterocycles. The Bertz CT molecular complexity index is 1000. The summed E-state index contributed by atoms with van der Waals surface area (Å²) in [5, 5.41) is 6.80. The van der Waals surface area contributed by atoms with E-state index in [1.807, 2.05) is 42.5 Å². The third-order valence-electron chi connectivity index (χ3n) is 6.31. The lowest BCUT2D eigenvalue weighted by Gasteiger charge is -2.27. The fraction of sp³-hybridized carbons (Fsp3) is 0.409. The van der Waals surface area contributed by atoms with Crippen LogP contribution in [0.3, 0.4) is 0 Å². The van der Waals surface area contributed by atoms with Crippen LogP contribution in [0.25, 0.3) is 0 Å². The highest BCUT2D eigenvalue weighted by Crippen LogP contribution is 2.52. The summed E-state index contributed by atoms with van der Waals surface area (Å²) in [5.74, 6) is -0.357. The number of methoxy groups -OCH3 is 1. The number of ether oxygens (including phenoxy) is 2. The number of carbonyl (C=O) groups is 2. The van der Waals surface area contributed by atoms with Crippen molar-refractivity contribution in [1.82, 2.24) is 20.0 Å². The molecule has 1 aromatic carbocycles. The highest BCUT2D eigenvalue weighted by molar-refractivity contribution is 5.93. The van der Waals surface area contributed by atoms with Crippen LogP contribution in [0.2, 0.25) is 0 Å². The number of rotatable bonds is 6. The van der Waals surface area contributed by atoms with Crippen LogP contribution in [-0.4, -0.2) is 64.2 Å². The number of likely N-dealkylation sites (tertiary alicyclic amines) is 1. The number of H-pyrrole nitrogens is 1. The number of aromatic amines is 1. The van der Waals surface area contributed by atoms with Gasteiger partial charge in [-0.2, -0.15) is 5.10 Å². The molecule has 2 amide bonds. The minimum atomic E-state index is -0.713. The average Bonchev–Trinajstić information content (AvgIpc) is 3.51. The van der Waals surface area contributed by atoms with Crippen molar-refractivity contribution in [2.45, 2.75) is 24.8 Å². The molecule has 2 saturated heterocycles. The maximum atomic E-state index is 13.4.